The normalized spacial score (nSPS) is 27.8. The van der Waals surface area contributed by atoms with E-state index in [-0.39, 0.29) is 10.5 Å². The lowest BCUT2D eigenvalue weighted by atomic mass is 10.2. The highest BCUT2D eigenvalue weighted by molar-refractivity contribution is 8.14. The summed E-state index contributed by atoms with van der Waals surface area (Å²) in [5.74, 6) is 5.09. The summed E-state index contributed by atoms with van der Waals surface area (Å²) in [4.78, 5) is 0. The molecule has 0 N–H and O–H groups in total. The average molecular weight is 172 g/mol. The zero-order valence-corrected chi connectivity index (χ0v) is 7.74. The van der Waals surface area contributed by atoms with E-state index in [0.29, 0.717) is 5.44 Å². The Balaban J connectivity index is 2.32. The first-order chi connectivity index (χ1) is 5.34. The van der Waals surface area contributed by atoms with Crippen molar-refractivity contribution in [1.29, 1.82) is 0 Å². The van der Waals surface area contributed by atoms with Crippen LogP contribution in [0.5, 0.6) is 0 Å². The average Bonchev–Trinajstić information content (AvgIpc) is 2.07. The predicted molar refractivity (Wildman–Crippen MR) is 53.4 cm³/mol. The number of hydrogen-bond acceptors (Lipinski definition) is 1. The molecule has 1 heterocycles. The molecule has 0 amide bonds. The quantitative estimate of drug-likeness (QED) is 0.469. The smallest absolute Gasteiger partial charge is 0.0978 e. The van der Waals surface area contributed by atoms with E-state index < -0.39 is 0 Å². The Morgan fingerprint density at radius 1 is 1.55 bits per heavy atom. The third-order valence-electron chi connectivity index (χ3n) is 1.84. The lowest BCUT2D eigenvalue weighted by Crippen LogP contribution is -2.17. The zero-order valence-electron chi connectivity index (χ0n) is 6.92. The fourth-order valence-electron chi connectivity index (χ4n) is 1.23. The van der Waals surface area contributed by atoms with E-state index in [4.69, 9.17) is 4.74 Å². The number of hydrogen-bond donors (Lipinski definition) is 0. The van der Waals surface area contributed by atoms with Crippen LogP contribution in [0.1, 0.15) is 19.3 Å². The van der Waals surface area contributed by atoms with Gasteiger partial charge in [-0.1, -0.05) is 11.9 Å². The van der Waals surface area contributed by atoms with E-state index in [9.17, 15) is 0 Å². The monoisotopic (exact) mass is 172 g/mol. The highest BCUT2D eigenvalue weighted by Gasteiger charge is 2.14. The molecule has 0 aromatic carbocycles. The summed E-state index contributed by atoms with van der Waals surface area (Å²) in [5.41, 5.74) is 0.418. The van der Waals surface area contributed by atoms with Gasteiger partial charge in [-0.25, -0.2) is 0 Å². The van der Waals surface area contributed by atoms with Gasteiger partial charge in [-0.2, -0.15) is 10.5 Å². The van der Waals surface area contributed by atoms with E-state index in [0.717, 1.165) is 12.4 Å². The van der Waals surface area contributed by atoms with Crippen LogP contribution in [-0.4, -0.2) is 23.7 Å². The van der Waals surface area contributed by atoms with Crippen LogP contribution in [0.25, 0.3) is 0 Å². The molecule has 0 aromatic rings. The molecule has 64 valence electrons. The van der Waals surface area contributed by atoms with Gasteiger partial charge in [-0.05, 0) is 19.3 Å². The molecule has 2 atom stereocenters. The summed E-state index contributed by atoms with van der Waals surface area (Å²) in [6.45, 7) is 4.64. The second-order valence-electron chi connectivity index (χ2n) is 2.79. The molecule has 1 aliphatic heterocycles. The van der Waals surface area contributed by atoms with Crippen LogP contribution >= 0.6 is 10.5 Å². The Bertz CT molecular complexity index is 148. The van der Waals surface area contributed by atoms with Gasteiger partial charge in [0.15, 0.2) is 0 Å². The van der Waals surface area contributed by atoms with E-state index >= 15 is 0 Å². The second kappa shape index (κ2) is 4.73. The van der Waals surface area contributed by atoms with E-state index in [1.807, 2.05) is 6.08 Å². The summed E-state index contributed by atoms with van der Waals surface area (Å²) >= 11 is 0. The van der Waals surface area contributed by atoms with Crippen molar-refractivity contribution in [2.24, 2.45) is 0 Å². The van der Waals surface area contributed by atoms with Crippen LogP contribution in [0.3, 0.4) is 0 Å². The van der Waals surface area contributed by atoms with Gasteiger partial charge in [0.05, 0.1) is 5.44 Å². The molecule has 2 heteroatoms. The Kier molecular flexibility index (Phi) is 3.87. The second-order valence-corrected chi connectivity index (χ2v) is 4.72. The van der Waals surface area contributed by atoms with Crippen LogP contribution < -0.4 is 0 Å². The highest BCUT2D eigenvalue weighted by Crippen LogP contribution is 2.27. The third-order valence-corrected chi connectivity index (χ3v) is 3.62. The van der Waals surface area contributed by atoms with Gasteiger partial charge in [0, 0.05) is 12.4 Å². The first kappa shape index (κ1) is 9.01. The molecule has 0 bridgehead atoms. The number of rotatable bonds is 3. The fourth-order valence-corrected chi connectivity index (χ4v) is 2.54. The molecule has 0 aliphatic carbocycles. The summed E-state index contributed by atoms with van der Waals surface area (Å²) in [6, 6.07) is 0. The molecule has 2 unspecified atom stereocenters. The van der Waals surface area contributed by atoms with E-state index in [1.54, 1.807) is 0 Å². The minimum absolute atomic E-state index is 0.153. The lowest BCUT2D eigenvalue weighted by Gasteiger charge is -2.24. The molecule has 1 aliphatic rings. The summed E-state index contributed by atoms with van der Waals surface area (Å²) < 4.78 is 5.59. The maximum Gasteiger partial charge on any atom is 0.0978 e. The lowest BCUT2D eigenvalue weighted by molar-refractivity contribution is 0.0726. The summed E-state index contributed by atoms with van der Waals surface area (Å²) in [6.07, 6.45) is 5.66. The van der Waals surface area contributed by atoms with Gasteiger partial charge in [0.2, 0.25) is 0 Å². The van der Waals surface area contributed by atoms with Crippen molar-refractivity contribution in [3.8, 4) is 0 Å². The van der Waals surface area contributed by atoms with Gasteiger partial charge >= 0.3 is 0 Å². The minimum Gasteiger partial charge on any atom is -0.368 e. The first-order valence-electron chi connectivity index (χ1n) is 4.06. The van der Waals surface area contributed by atoms with Gasteiger partial charge < -0.3 is 4.74 Å². The van der Waals surface area contributed by atoms with E-state index in [2.05, 4.69) is 12.4 Å². The van der Waals surface area contributed by atoms with Crippen LogP contribution in [-0.2, 0) is 4.74 Å². The molecule has 1 nitrogen and oxygen atoms in total. The first-order valence-corrected chi connectivity index (χ1v) is 5.69. The largest absolute Gasteiger partial charge is 0.368 e. The minimum atomic E-state index is 0.153. The molecule has 0 aromatic heterocycles. The predicted octanol–water partition coefficient (Wildman–Crippen LogP) is 2.40. The molecule has 0 saturated carbocycles. The van der Waals surface area contributed by atoms with Crippen molar-refractivity contribution in [2.75, 3.05) is 12.4 Å². The summed E-state index contributed by atoms with van der Waals surface area (Å²) in [7, 11) is 0.153. The van der Waals surface area contributed by atoms with Crippen molar-refractivity contribution in [3.63, 3.8) is 0 Å². The van der Waals surface area contributed by atoms with Crippen molar-refractivity contribution < 1.29 is 4.74 Å². The molecule has 0 radical (unpaired) electrons. The zero-order chi connectivity index (χ0) is 8.10. The van der Waals surface area contributed by atoms with Crippen molar-refractivity contribution in [1.82, 2.24) is 0 Å². The van der Waals surface area contributed by atoms with Gasteiger partial charge in [0.1, 0.15) is 0 Å². The van der Waals surface area contributed by atoms with Crippen LogP contribution in [0.15, 0.2) is 12.7 Å². The van der Waals surface area contributed by atoms with Crippen molar-refractivity contribution in [3.05, 3.63) is 12.7 Å². The molecule has 11 heavy (non-hydrogen) atoms. The Labute approximate surface area is 71.4 Å². The van der Waals surface area contributed by atoms with Crippen LogP contribution in [0, 0.1) is 0 Å². The standard InChI is InChI=1S/C9H16OS/c1-3-8-11(2)9-6-4-5-7-10-9/h3,9H,1-2,4-8H2. The summed E-state index contributed by atoms with van der Waals surface area (Å²) in [5, 5.41) is 0. The van der Waals surface area contributed by atoms with Gasteiger partial charge in [-0.3, -0.25) is 0 Å². The molecule has 1 saturated heterocycles. The Morgan fingerprint density at radius 2 is 2.36 bits per heavy atom. The topological polar surface area (TPSA) is 9.23 Å². The fraction of sp³-hybridized carbons (Fsp3) is 0.667. The van der Waals surface area contributed by atoms with E-state index in [1.165, 1.54) is 19.3 Å². The maximum atomic E-state index is 5.59. The van der Waals surface area contributed by atoms with Crippen LogP contribution in [0.2, 0.25) is 0 Å². The van der Waals surface area contributed by atoms with Gasteiger partial charge in [0.25, 0.3) is 0 Å². The molecular weight excluding hydrogens is 156 g/mol. The SMILES string of the molecule is C=CCS(=C)C1CCCCO1. The molecule has 1 rings (SSSR count). The molecule has 0 spiro atoms. The maximum absolute atomic E-state index is 5.59. The van der Waals surface area contributed by atoms with Gasteiger partial charge in [-0.15, -0.1) is 6.58 Å². The van der Waals surface area contributed by atoms with Crippen molar-refractivity contribution >= 4 is 16.4 Å². The Hall–Kier alpha value is -0.0800. The molecular formula is C9H16OS. The number of ether oxygens (including phenoxy) is 1. The van der Waals surface area contributed by atoms with Crippen LogP contribution in [0.4, 0.5) is 0 Å². The Morgan fingerprint density at radius 3 is 2.91 bits per heavy atom. The highest BCUT2D eigenvalue weighted by atomic mass is 32.2. The third kappa shape index (κ3) is 2.80. The van der Waals surface area contributed by atoms with Crippen molar-refractivity contribution in [2.45, 2.75) is 24.7 Å². The molecule has 1 fully saturated rings.